The van der Waals surface area contributed by atoms with Gasteiger partial charge < -0.3 is 19.1 Å². The van der Waals surface area contributed by atoms with Gasteiger partial charge in [0.05, 0.1) is 12.5 Å². The van der Waals surface area contributed by atoms with E-state index in [1.807, 2.05) is 0 Å². The summed E-state index contributed by atoms with van der Waals surface area (Å²) < 4.78 is 10.0. The largest absolute Gasteiger partial charge is 0.466 e. The Morgan fingerprint density at radius 3 is 2.47 bits per heavy atom. The van der Waals surface area contributed by atoms with Crippen LogP contribution >= 0.6 is 0 Å². The van der Waals surface area contributed by atoms with Crippen LogP contribution in [0.1, 0.15) is 17.6 Å². The third-order valence-electron chi connectivity index (χ3n) is 1.95. The zero-order chi connectivity index (χ0) is 10.7. The van der Waals surface area contributed by atoms with Crippen LogP contribution in [-0.2, 0) is 0 Å². The molecule has 2 aromatic heterocycles. The van der Waals surface area contributed by atoms with Crippen molar-refractivity contribution in [3.63, 3.8) is 0 Å². The average molecular weight is 207 g/mol. The molecule has 0 spiro atoms. The SMILES string of the molecule is O/N=C(/c1ccco1)[C@@H](O)c1ccco1. The van der Waals surface area contributed by atoms with Gasteiger partial charge in [0.25, 0.3) is 0 Å². The van der Waals surface area contributed by atoms with Gasteiger partial charge >= 0.3 is 0 Å². The Labute approximate surface area is 85.2 Å². The highest BCUT2D eigenvalue weighted by Crippen LogP contribution is 2.19. The lowest BCUT2D eigenvalue weighted by molar-refractivity contribution is 0.205. The molecule has 0 bridgehead atoms. The monoisotopic (exact) mass is 207 g/mol. The van der Waals surface area contributed by atoms with E-state index in [2.05, 4.69) is 5.16 Å². The number of hydrogen-bond acceptors (Lipinski definition) is 5. The number of aliphatic hydroxyl groups excluding tert-OH is 1. The molecule has 0 saturated carbocycles. The van der Waals surface area contributed by atoms with E-state index in [4.69, 9.17) is 14.0 Å². The summed E-state index contributed by atoms with van der Waals surface area (Å²) in [6, 6.07) is 6.44. The molecule has 0 unspecified atom stereocenters. The average Bonchev–Trinajstić information content (AvgIpc) is 2.91. The van der Waals surface area contributed by atoms with Gasteiger partial charge in [-0.1, -0.05) is 5.16 Å². The highest BCUT2D eigenvalue weighted by molar-refractivity contribution is 6.01. The third kappa shape index (κ3) is 1.77. The fraction of sp³-hybridized carbons (Fsp3) is 0.100. The maximum Gasteiger partial charge on any atom is 0.160 e. The summed E-state index contributed by atoms with van der Waals surface area (Å²) in [5, 5.41) is 21.6. The van der Waals surface area contributed by atoms with Crippen LogP contribution in [0, 0.1) is 0 Å². The van der Waals surface area contributed by atoms with E-state index >= 15 is 0 Å². The maximum atomic E-state index is 9.80. The Morgan fingerprint density at radius 1 is 1.20 bits per heavy atom. The Kier molecular flexibility index (Phi) is 2.55. The molecule has 0 aliphatic carbocycles. The van der Waals surface area contributed by atoms with E-state index in [0.29, 0.717) is 11.5 Å². The van der Waals surface area contributed by atoms with Crippen LogP contribution in [0.15, 0.2) is 50.8 Å². The van der Waals surface area contributed by atoms with Gasteiger partial charge in [-0.25, -0.2) is 0 Å². The molecule has 5 heteroatoms. The van der Waals surface area contributed by atoms with Crippen molar-refractivity contribution in [2.24, 2.45) is 5.16 Å². The molecule has 0 saturated heterocycles. The second-order valence-electron chi connectivity index (χ2n) is 2.88. The Bertz CT molecular complexity index is 430. The summed E-state index contributed by atoms with van der Waals surface area (Å²) in [6.45, 7) is 0. The van der Waals surface area contributed by atoms with Crippen LogP contribution in [0.25, 0.3) is 0 Å². The van der Waals surface area contributed by atoms with Gasteiger partial charge in [-0.2, -0.15) is 0 Å². The van der Waals surface area contributed by atoms with Gasteiger partial charge in [0.1, 0.15) is 5.76 Å². The smallest absolute Gasteiger partial charge is 0.160 e. The maximum absolute atomic E-state index is 9.80. The number of aliphatic hydroxyl groups is 1. The molecule has 1 atom stereocenters. The van der Waals surface area contributed by atoms with E-state index in [0.717, 1.165) is 0 Å². The first-order valence-corrected chi connectivity index (χ1v) is 4.30. The highest BCUT2D eigenvalue weighted by Gasteiger charge is 2.22. The molecular weight excluding hydrogens is 198 g/mol. The lowest BCUT2D eigenvalue weighted by Crippen LogP contribution is -2.12. The highest BCUT2D eigenvalue weighted by atomic mass is 16.4. The molecule has 2 rings (SSSR count). The molecule has 2 N–H and O–H groups in total. The number of furan rings is 2. The molecule has 0 aliphatic heterocycles. The van der Waals surface area contributed by atoms with Gasteiger partial charge in [-0.3, -0.25) is 0 Å². The Morgan fingerprint density at radius 2 is 1.93 bits per heavy atom. The second-order valence-corrected chi connectivity index (χ2v) is 2.88. The summed E-state index contributed by atoms with van der Waals surface area (Å²) in [6.07, 6.45) is 1.71. The Hall–Kier alpha value is -2.01. The minimum absolute atomic E-state index is 0.00921. The van der Waals surface area contributed by atoms with Crippen LogP contribution in [0.4, 0.5) is 0 Å². The first kappa shape index (κ1) is 9.54. The van der Waals surface area contributed by atoms with E-state index in [1.54, 1.807) is 24.3 Å². The fourth-order valence-corrected chi connectivity index (χ4v) is 1.24. The summed E-state index contributed by atoms with van der Waals surface area (Å²) in [4.78, 5) is 0. The van der Waals surface area contributed by atoms with Crippen molar-refractivity contribution in [1.82, 2.24) is 0 Å². The Balaban J connectivity index is 2.30. The van der Waals surface area contributed by atoms with Gasteiger partial charge in [0.2, 0.25) is 0 Å². The number of oxime groups is 1. The summed E-state index contributed by atoms with van der Waals surface area (Å²) in [5.74, 6) is 0.584. The van der Waals surface area contributed by atoms with Gasteiger partial charge in [-0.15, -0.1) is 0 Å². The molecular formula is C10H9NO4. The molecule has 0 aromatic carbocycles. The number of rotatable bonds is 3. The predicted molar refractivity (Wildman–Crippen MR) is 50.7 cm³/mol. The number of hydrogen-bond donors (Lipinski definition) is 2. The summed E-state index contributed by atoms with van der Waals surface area (Å²) in [7, 11) is 0. The van der Waals surface area contributed by atoms with E-state index < -0.39 is 6.10 Å². The van der Waals surface area contributed by atoms with E-state index in [9.17, 15) is 5.11 Å². The zero-order valence-electron chi connectivity index (χ0n) is 7.70. The minimum atomic E-state index is -1.14. The molecule has 78 valence electrons. The van der Waals surface area contributed by atoms with Crippen molar-refractivity contribution >= 4 is 5.71 Å². The molecule has 0 aliphatic rings. The van der Waals surface area contributed by atoms with Crippen LogP contribution in [0.2, 0.25) is 0 Å². The molecule has 0 fully saturated rings. The lowest BCUT2D eigenvalue weighted by atomic mass is 10.1. The van der Waals surface area contributed by atoms with Crippen molar-refractivity contribution in [1.29, 1.82) is 0 Å². The molecule has 0 amide bonds. The molecule has 15 heavy (non-hydrogen) atoms. The second kappa shape index (κ2) is 4.02. The molecule has 2 aromatic rings. The molecule has 5 nitrogen and oxygen atoms in total. The van der Waals surface area contributed by atoms with Crippen molar-refractivity contribution in [3.05, 3.63) is 48.3 Å². The van der Waals surface area contributed by atoms with Crippen LogP contribution in [0.3, 0.4) is 0 Å². The van der Waals surface area contributed by atoms with Gasteiger partial charge in [-0.05, 0) is 24.3 Å². The zero-order valence-corrected chi connectivity index (χ0v) is 7.70. The first-order valence-electron chi connectivity index (χ1n) is 4.30. The van der Waals surface area contributed by atoms with Crippen LogP contribution in [0.5, 0.6) is 0 Å². The van der Waals surface area contributed by atoms with E-state index in [-0.39, 0.29) is 5.71 Å². The van der Waals surface area contributed by atoms with Crippen molar-refractivity contribution in [2.45, 2.75) is 6.10 Å². The number of nitrogens with zero attached hydrogens (tertiary/aromatic N) is 1. The van der Waals surface area contributed by atoms with Gasteiger partial charge in [0.15, 0.2) is 17.6 Å². The van der Waals surface area contributed by atoms with Crippen molar-refractivity contribution < 1.29 is 19.1 Å². The summed E-state index contributed by atoms with van der Waals surface area (Å²) in [5.41, 5.74) is 0.00921. The van der Waals surface area contributed by atoms with Crippen molar-refractivity contribution in [3.8, 4) is 0 Å². The summed E-state index contributed by atoms with van der Waals surface area (Å²) >= 11 is 0. The predicted octanol–water partition coefficient (Wildman–Crippen LogP) is 1.78. The van der Waals surface area contributed by atoms with Crippen molar-refractivity contribution in [2.75, 3.05) is 0 Å². The topological polar surface area (TPSA) is 79.1 Å². The first-order chi connectivity index (χ1) is 7.33. The lowest BCUT2D eigenvalue weighted by Gasteiger charge is -2.06. The third-order valence-corrected chi connectivity index (χ3v) is 1.95. The van der Waals surface area contributed by atoms with Crippen LogP contribution in [-0.4, -0.2) is 16.0 Å². The van der Waals surface area contributed by atoms with E-state index in [1.165, 1.54) is 12.5 Å². The van der Waals surface area contributed by atoms with Gasteiger partial charge in [0, 0.05) is 0 Å². The normalized spacial score (nSPS) is 14.1. The molecule has 0 radical (unpaired) electrons. The minimum Gasteiger partial charge on any atom is -0.466 e. The quantitative estimate of drug-likeness (QED) is 0.456. The van der Waals surface area contributed by atoms with Crippen LogP contribution < -0.4 is 0 Å². The standard InChI is InChI=1S/C10H9NO4/c12-10(8-4-2-6-15-8)9(11-13)7-3-1-5-14-7/h1-6,10,12-13H/b11-9-/t10-/m0/s1. The fourth-order valence-electron chi connectivity index (χ4n) is 1.24. The molecule has 2 heterocycles.